The fourth-order valence-electron chi connectivity index (χ4n) is 2.38. The quantitative estimate of drug-likeness (QED) is 0.776. The zero-order chi connectivity index (χ0) is 19.5. The van der Waals surface area contributed by atoms with E-state index in [1.807, 2.05) is 0 Å². The summed E-state index contributed by atoms with van der Waals surface area (Å²) in [5.74, 6) is 0.0645. The number of ether oxygens (including phenoxy) is 1. The molecule has 0 radical (unpaired) electrons. The molecule has 2 rings (SSSR count). The molecule has 1 unspecified atom stereocenters. The Morgan fingerprint density at radius 3 is 2.42 bits per heavy atom. The zero-order valence-electron chi connectivity index (χ0n) is 14.4. The molecular formula is C17H18Cl2N2O4S. The first-order valence-corrected chi connectivity index (χ1v) is 10.1. The normalized spacial score (nSPS) is 12.3. The van der Waals surface area contributed by atoms with Crippen molar-refractivity contribution in [3.63, 3.8) is 0 Å². The Kier molecular flexibility index (Phi) is 6.39. The Balaban J connectivity index is 2.32. The first-order valence-electron chi connectivity index (χ1n) is 7.53. The van der Waals surface area contributed by atoms with Gasteiger partial charge in [0.05, 0.1) is 29.1 Å². The zero-order valence-corrected chi connectivity index (χ0v) is 16.7. The van der Waals surface area contributed by atoms with Gasteiger partial charge in [-0.1, -0.05) is 29.3 Å². The van der Waals surface area contributed by atoms with Gasteiger partial charge in [0.25, 0.3) is 0 Å². The summed E-state index contributed by atoms with van der Waals surface area (Å²) in [7, 11) is -2.24. The molecule has 0 bridgehead atoms. The van der Waals surface area contributed by atoms with E-state index in [4.69, 9.17) is 27.9 Å². The summed E-state index contributed by atoms with van der Waals surface area (Å²) in [5, 5.41) is 3.16. The third-order valence-corrected chi connectivity index (χ3v) is 5.56. The van der Waals surface area contributed by atoms with E-state index in [1.54, 1.807) is 24.3 Å². The number of benzene rings is 2. The number of nitrogens with zero attached hydrogens (tertiary/aromatic N) is 1. The second-order valence-electron chi connectivity index (χ2n) is 5.55. The lowest BCUT2D eigenvalue weighted by Crippen LogP contribution is -2.45. The van der Waals surface area contributed by atoms with Crippen molar-refractivity contribution in [2.24, 2.45) is 0 Å². The molecule has 2 aromatic rings. The summed E-state index contributed by atoms with van der Waals surface area (Å²) >= 11 is 11.9. The Labute approximate surface area is 162 Å². The third-order valence-electron chi connectivity index (χ3n) is 3.58. The Morgan fingerprint density at radius 1 is 1.15 bits per heavy atom. The highest BCUT2D eigenvalue weighted by molar-refractivity contribution is 7.92. The lowest BCUT2D eigenvalue weighted by molar-refractivity contribution is -0.116. The molecule has 26 heavy (non-hydrogen) atoms. The van der Waals surface area contributed by atoms with Gasteiger partial charge in [-0.05, 0) is 37.3 Å². The van der Waals surface area contributed by atoms with Gasteiger partial charge in [-0.3, -0.25) is 9.10 Å². The molecule has 9 heteroatoms. The highest BCUT2D eigenvalue weighted by Crippen LogP contribution is 2.30. The minimum atomic E-state index is -3.75. The predicted molar refractivity (Wildman–Crippen MR) is 105 cm³/mol. The summed E-state index contributed by atoms with van der Waals surface area (Å²) in [6, 6.07) is 10.1. The molecule has 140 valence electrons. The van der Waals surface area contributed by atoms with Crippen LogP contribution in [0.5, 0.6) is 5.75 Å². The van der Waals surface area contributed by atoms with Gasteiger partial charge in [0.2, 0.25) is 15.9 Å². The van der Waals surface area contributed by atoms with Gasteiger partial charge in [-0.15, -0.1) is 0 Å². The van der Waals surface area contributed by atoms with Crippen LogP contribution in [0.1, 0.15) is 6.92 Å². The van der Waals surface area contributed by atoms with Crippen LogP contribution in [0.4, 0.5) is 11.4 Å². The Morgan fingerprint density at radius 2 is 1.85 bits per heavy atom. The monoisotopic (exact) mass is 416 g/mol. The summed E-state index contributed by atoms with van der Waals surface area (Å²) in [6.45, 7) is 1.49. The average Bonchev–Trinajstić information content (AvgIpc) is 2.57. The van der Waals surface area contributed by atoms with Gasteiger partial charge in [0.15, 0.2) is 0 Å². The minimum absolute atomic E-state index is 0.193. The maximum atomic E-state index is 12.6. The number of methoxy groups -OCH3 is 1. The van der Waals surface area contributed by atoms with E-state index in [0.717, 1.165) is 10.6 Å². The summed E-state index contributed by atoms with van der Waals surface area (Å²) in [6.07, 6.45) is 1.02. The van der Waals surface area contributed by atoms with E-state index in [-0.39, 0.29) is 15.7 Å². The largest absolute Gasteiger partial charge is 0.497 e. The van der Waals surface area contributed by atoms with Crippen molar-refractivity contribution < 1.29 is 17.9 Å². The molecule has 0 aromatic heterocycles. The summed E-state index contributed by atoms with van der Waals surface area (Å²) in [5.41, 5.74) is 0.735. The number of carbonyl (C=O) groups excluding carboxylic acids is 1. The Hall–Kier alpha value is -1.96. The standard InChI is InChI=1S/C17H18Cl2N2O4S/c1-11(17(22)20-12-5-4-6-14(9-12)25-2)21(26(3,23)24)13-7-8-15(18)16(19)10-13/h4-11H,1-3H3,(H,20,22). The number of sulfonamides is 1. The van der Waals surface area contributed by atoms with Crippen molar-refractivity contribution in [1.82, 2.24) is 0 Å². The van der Waals surface area contributed by atoms with Crippen molar-refractivity contribution in [2.45, 2.75) is 13.0 Å². The summed E-state index contributed by atoms with van der Waals surface area (Å²) in [4.78, 5) is 12.6. The molecule has 0 fully saturated rings. The number of nitrogens with one attached hydrogen (secondary N) is 1. The van der Waals surface area contributed by atoms with Crippen molar-refractivity contribution in [3.8, 4) is 5.75 Å². The van der Waals surface area contributed by atoms with Crippen molar-refractivity contribution in [1.29, 1.82) is 0 Å². The van der Waals surface area contributed by atoms with Crippen LogP contribution < -0.4 is 14.4 Å². The molecule has 0 heterocycles. The topological polar surface area (TPSA) is 75.7 Å². The van der Waals surface area contributed by atoms with Gasteiger partial charge in [0.1, 0.15) is 11.8 Å². The first kappa shape index (κ1) is 20.4. The van der Waals surface area contributed by atoms with Crippen LogP contribution in [0.3, 0.4) is 0 Å². The summed E-state index contributed by atoms with van der Waals surface area (Å²) < 4.78 is 30.7. The molecule has 1 N–H and O–H groups in total. The predicted octanol–water partition coefficient (Wildman–Crippen LogP) is 3.80. The maximum Gasteiger partial charge on any atom is 0.247 e. The molecule has 1 amide bonds. The van der Waals surface area contributed by atoms with Gasteiger partial charge in [-0.2, -0.15) is 0 Å². The fraction of sp³-hybridized carbons (Fsp3) is 0.235. The van der Waals surface area contributed by atoms with E-state index in [2.05, 4.69) is 5.32 Å². The van der Waals surface area contributed by atoms with Crippen LogP contribution in [-0.4, -0.2) is 33.7 Å². The van der Waals surface area contributed by atoms with Crippen LogP contribution in [-0.2, 0) is 14.8 Å². The first-order chi connectivity index (χ1) is 12.1. The average molecular weight is 417 g/mol. The number of hydrogen-bond acceptors (Lipinski definition) is 4. The highest BCUT2D eigenvalue weighted by Gasteiger charge is 2.29. The molecular weight excluding hydrogens is 399 g/mol. The van der Waals surface area contributed by atoms with Crippen LogP contribution in [0.2, 0.25) is 10.0 Å². The van der Waals surface area contributed by atoms with Gasteiger partial charge < -0.3 is 10.1 Å². The van der Waals surface area contributed by atoms with Gasteiger partial charge >= 0.3 is 0 Å². The second kappa shape index (κ2) is 8.16. The lowest BCUT2D eigenvalue weighted by atomic mass is 10.2. The van der Waals surface area contributed by atoms with E-state index in [1.165, 1.54) is 32.2 Å². The van der Waals surface area contributed by atoms with Crippen LogP contribution in [0, 0.1) is 0 Å². The lowest BCUT2D eigenvalue weighted by Gasteiger charge is -2.28. The van der Waals surface area contributed by atoms with Gasteiger partial charge in [-0.25, -0.2) is 8.42 Å². The molecule has 6 nitrogen and oxygen atoms in total. The van der Waals surface area contributed by atoms with Gasteiger partial charge in [0, 0.05) is 11.8 Å². The number of anilines is 2. The molecule has 0 aliphatic carbocycles. The molecule has 0 aliphatic heterocycles. The van der Waals surface area contributed by atoms with Crippen molar-refractivity contribution in [3.05, 3.63) is 52.5 Å². The van der Waals surface area contributed by atoms with E-state index in [0.29, 0.717) is 11.4 Å². The molecule has 1 atom stereocenters. The molecule has 0 saturated carbocycles. The smallest absolute Gasteiger partial charge is 0.247 e. The number of rotatable bonds is 6. The van der Waals surface area contributed by atoms with Crippen molar-refractivity contribution >= 4 is 50.5 Å². The highest BCUT2D eigenvalue weighted by atomic mass is 35.5. The van der Waals surface area contributed by atoms with Crippen LogP contribution >= 0.6 is 23.2 Å². The van der Waals surface area contributed by atoms with Crippen molar-refractivity contribution in [2.75, 3.05) is 23.0 Å². The number of hydrogen-bond donors (Lipinski definition) is 1. The third kappa shape index (κ3) is 4.81. The van der Waals surface area contributed by atoms with E-state index < -0.39 is 22.0 Å². The van der Waals surface area contributed by atoms with Crippen LogP contribution in [0.15, 0.2) is 42.5 Å². The number of carbonyl (C=O) groups is 1. The van der Waals surface area contributed by atoms with E-state index >= 15 is 0 Å². The SMILES string of the molecule is COc1cccc(NC(=O)C(C)N(c2ccc(Cl)c(Cl)c2)S(C)(=O)=O)c1. The molecule has 0 spiro atoms. The fourth-order valence-corrected chi connectivity index (χ4v) is 3.84. The number of amides is 1. The molecule has 2 aromatic carbocycles. The minimum Gasteiger partial charge on any atom is -0.497 e. The van der Waals surface area contributed by atoms with Crippen LogP contribution in [0.25, 0.3) is 0 Å². The maximum absolute atomic E-state index is 12.6. The molecule has 0 saturated heterocycles. The molecule has 0 aliphatic rings. The van der Waals surface area contributed by atoms with E-state index in [9.17, 15) is 13.2 Å². The second-order valence-corrected chi connectivity index (χ2v) is 8.23. The number of halogens is 2. The Bertz CT molecular complexity index is 919.